The van der Waals surface area contributed by atoms with Gasteiger partial charge in [-0.15, -0.1) is 12.4 Å². The molecule has 2 atom stereocenters. The molecule has 1 saturated carbocycles. The lowest BCUT2D eigenvalue weighted by Crippen LogP contribution is -2.33. The molecule has 0 unspecified atom stereocenters. The SMILES string of the molecule is Cl.N[C@H](c1cc(C(F)(F)F)ccc1C(F)(F)F)[C@@H](O)C1CCCC1. The zero-order valence-corrected chi connectivity index (χ0v) is 13.3. The zero-order valence-electron chi connectivity index (χ0n) is 12.5. The largest absolute Gasteiger partial charge is 0.416 e. The van der Waals surface area contributed by atoms with E-state index in [0.29, 0.717) is 31.0 Å². The number of aliphatic hydroxyl groups is 1. The summed E-state index contributed by atoms with van der Waals surface area (Å²) < 4.78 is 77.5. The van der Waals surface area contributed by atoms with Gasteiger partial charge in [-0.1, -0.05) is 12.8 Å². The van der Waals surface area contributed by atoms with Crippen LogP contribution in [0.2, 0.25) is 0 Å². The van der Waals surface area contributed by atoms with Crippen LogP contribution >= 0.6 is 12.4 Å². The molecule has 1 aliphatic carbocycles. The van der Waals surface area contributed by atoms with Crippen LogP contribution in [0.4, 0.5) is 26.3 Å². The third kappa shape index (κ3) is 4.55. The summed E-state index contributed by atoms with van der Waals surface area (Å²) in [7, 11) is 0. The number of hydrogen-bond acceptors (Lipinski definition) is 2. The molecule has 0 radical (unpaired) electrons. The molecule has 0 bridgehead atoms. The zero-order chi connectivity index (χ0) is 17.4. The molecule has 3 N–H and O–H groups in total. The predicted octanol–water partition coefficient (Wildman–Crippen LogP) is 4.70. The van der Waals surface area contributed by atoms with Crippen LogP contribution in [-0.2, 0) is 12.4 Å². The first-order chi connectivity index (χ1) is 10.5. The van der Waals surface area contributed by atoms with Crippen molar-refractivity contribution in [3.05, 3.63) is 34.9 Å². The molecule has 0 aromatic heterocycles. The van der Waals surface area contributed by atoms with E-state index >= 15 is 0 Å². The Bertz CT molecular complexity index is 554. The fourth-order valence-electron chi connectivity index (χ4n) is 3.05. The first-order valence-electron chi connectivity index (χ1n) is 7.24. The quantitative estimate of drug-likeness (QED) is 0.750. The van der Waals surface area contributed by atoms with E-state index in [0.717, 1.165) is 12.8 Å². The summed E-state index contributed by atoms with van der Waals surface area (Å²) in [6.07, 6.45) is -8.07. The molecule has 1 fully saturated rings. The Kier molecular flexibility index (Phi) is 6.57. The summed E-state index contributed by atoms with van der Waals surface area (Å²) >= 11 is 0. The van der Waals surface area contributed by atoms with E-state index < -0.39 is 41.2 Å². The lowest BCUT2D eigenvalue weighted by molar-refractivity contribution is -0.142. The van der Waals surface area contributed by atoms with Crippen molar-refractivity contribution in [1.82, 2.24) is 0 Å². The highest BCUT2D eigenvalue weighted by molar-refractivity contribution is 5.85. The van der Waals surface area contributed by atoms with Crippen molar-refractivity contribution in [3.63, 3.8) is 0 Å². The van der Waals surface area contributed by atoms with Crippen LogP contribution in [0.1, 0.15) is 48.4 Å². The molecule has 1 aromatic carbocycles. The summed E-state index contributed by atoms with van der Waals surface area (Å²) in [6.45, 7) is 0. The number of benzene rings is 1. The molecular formula is C15H18ClF6NO. The van der Waals surface area contributed by atoms with Crippen LogP contribution in [0.15, 0.2) is 18.2 Å². The van der Waals surface area contributed by atoms with E-state index in [2.05, 4.69) is 0 Å². The Hall–Kier alpha value is -0.990. The summed E-state index contributed by atoms with van der Waals surface area (Å²) in [6, 6.07) is -0.372. The van der Waals surface area contributed by atoms with Gasteiger partial charge < -0.3 is 10.8 Å². The van der Waals surface area contributed by atoms with Gasteiger partial charge in [-0.05, 0) is 42.5 Å². The highest BCUT2D eigenvalue weighted by Gasteiger charge is 2.40. The maximum absolute atomic E-state index is 13.1. The molecule has 0 heterocycles. The van der Waals surface area contributed by atoms with E-state index in [4.69, 9.17) is 5.73 Å². The third-order valence-corrected chi connectivity index (χ3v) is 4.29. The molecule has 0 aliphatic heterocycles. The van der Waals surface area contributed by atoms with Gasteiger partial charge in [0.1, 0.15) is 0 Å². The standard InChI is InChI=1S/C15H17F6NO.ClH/c16-14(17,18)9-5-6-11(15(19,20)21)10(7-9)12(22)13(23)8-3-1-2-4-8;/h5-8,12-13,23H,1-4,22H2;1H/t12-,13+;/m1./s1. The first kappa shape index (κ1) is 21.1. The van der Waals surface area contributed by atoms with E-state index in [1.165, 1.54) is 0 Å². The van der Waals surface area contributed by atoms with Crippen molar-refractivity contribution in [2.45, 2.75) is 50.2 Å². The van der Waals surface area contributed by atoms with E-state index in [1.54, 1.807) is 0 Å². The van der Waals surface area contributed by atoms with Crippen LogP contribution < -0.4 is 5.73 Å². The summed E-state index contributed by atoms with van der Waals surface area (Å²) in [5.74, 6) is -0.291. The Morgan fingerprint density at radius 3 is 2.00 bits per heavy atom. The second kappa shape index (κ2) is 7.49. The highest BCUT2D eigenvalue weighted by atomic mass is 35.5. The van der Waals surface area contributed by atoms with Gasteiger partial charge in [-0.2, -0.15) is 26.3 Å². The minimum Gasteiger partial charge on any atom is -0.391 e. The molecule has 0 spiro atoms. The van der Waals surface area contributed by atoms with Crippen LogP contribution in [0.5, 0.6) is 0 Å². The van der Waals surface area contributed by atoms with Crippen molar-refractivity contribution >= 4 is 12.4 Å². The molecule has 0 saturated heterocycles. The van der Waals surface area contributed by atoms with E-state index in [-0.39, 0.29) is 18.3 Å². The molecule has 2 nitrogen and oxygen atoms in total. The highest BCUT2D eigenvalue weighted by Crippen LogP contribution is 2.40. The van der Waals surface area contributed by atoms with Gasteiger partial charge in [-0.3, -0.25) is 0 Å². The molecule has 138 valence electrons. The summed E-state index contributed by atoms with van der Waals surface area (Å²) in [4.78, 5) is 0. The second-order valence-electron chi connectivity index (χ2n) is 5.86. The van der Waals surface area contributed by atoms with E-state index in [1.807, 2.05) is 0 Å². The maximum atomic E-state index is 13.1. The molecule has 9 heteroatoms. The van der Waals surface area contributed by atoms with Gasteiger partial charge in [-0.25, -0.2) is 0 Å². The molecule has 0 amide bonds. The van der Waals surface area contributed by atoms with Gasteiger partial charge in [0.25, 0.3) is 0 Å². The minimum absolute atomic E-state index is 0. The summed E-state index contributed by atoms with van der Waals surface area (Å²) in [5.41, 5.74) is 2.54. The minimum atomic E-state index is -4.84. The number of halogens is 7. The van der Waals surface area contributed by atoms with Gasteiger partial charge in [0, 0.05) is 0 Å². The monoisotopic (exact) mass is 377 g/mol. The van der Waals surface area contributed by atoms with Crippen LogP contribution in [0.3, 0.4) is 0 Å². The summed E-state index contributed by atoms with van der Waals surface area (Å²) in [5, 5.41) is 10.2. The van der Waals surface area contributed by atoms with Crippen molar-refractivity contribution in [3.8, 4) is 0 Å². The lowest BCUT2D eigenvalue weighted by atomic mass is 9.87. The fraction of sp³-hybridized carbons (Fsp3) is 0.600. The van der Waals surface area contributed by atoms with Gasteiger partial charge >= 0.3 is 12.4 Å². The van der Waals surface area contributed by atoms with Crippen molar-refractivity contribution in [2.24, 2.45) is 11.7 Å². The van der Waals surface area contributed by atoms with Crippen LogP contribution in [0, 0.1) is 5.92 Å². The second-order valence-corrected chi connectivity index (χ2v) is 5.86. The van der Waals surface area contributed by atoms with Crippen LogP contribution in [0.25, 0.3) is 0 Å². The van der Waals surface area contributed by atoms with Gasteiger partial charge in [0.05, 0.1) is 23.3 Å². The number of rotatable bonds is 3. The fourth-order valence-corrected chi connectivity index (χ4v) is 3.05. The maximum Gasteiger partial charge on any atom is 0.416 e. The van der Waals surface area contributed by atoms with Crippen molar-refractivity contribution in [2.75, 3.05) is 0 Å². The average molecular weight is 378 g/mol. The Labute approximate surface area is 141 Å². The topological polar surface area (TPSA) is 46.2 Å². The first-order valence-corrected chi connectivity index (χ1v) is 7.24. The number of nitrogens with two attached hydrogens (primary N) is 1. The predicted molar refractivity (Wildman–Crippen MR) is 78.6 cm³/mol. The molecule has 2 rings (SSSR count). The number of aliphatic hydroxyl groups excluding tert-OH is 1. The number of alkyl halides is 6. The lowest BCUT2D eigenvalue weighted by Gasteiger charge is -2.27. The van der Waals surface area contributed by atoms with Crippen molar-refractivity contribution < 1.29 is 31.4 Å². The van der Waals surface area contributed by atoms with Gasteiger partial charge in [0.15, 0.2) is 0 Å². The Balaban J connectivity index is 0.00000288. The molecule has 1 aliphatic rings. The Morgan fingerprint density at radius 1 is 1.00 bits per heavy atom. The molecule has 24 heavy (non-hydrogen) atoms. The smallest absolute Gasteiger partial charge is 0.391 e. The third-order valence-electron chi connectivity index (χ3n) is 4.29. The Morgan fingerprint density at radius 2 is 1.54 bits per heavy atom. The van der Waals surface area contributed by atoms with Gasteiger partial charge in [0.2, 0.25) is 0 Å². The number of hydrogen-bond donors (Lipinski definition) is 2. The molecule has 1 aromatic rings. The van der Waals surface area contributed by atoms with E-state index in [9.17, 15) is 31.4 Å². The van der Waals surface area contributed by atoms with Crippen molar-refractivity contribution in [1.29, 1.82) is 0 Å². The van der Waals surface area contributed by atoms with Crippen LogP contribution in [-0.4, -0.2) is 11.2 Å². The molecular weight excluding hydrogens is 360 g/mol. The average Bonchev–Trinajstić information content (AvgIpc) is 2.97. The normalized spacial score (nSPS) is 19.0.